The molecule has 0 bridgehead atoms. The average Bonchev–Trinajstić information content (AvgIpc) is 0.965. The van der Waals surface area contributed by atoms with E-state index >= 15 is 0 Å². The molecule has 0 fully saturated rings. The Bertz CT molecular complexity index is 1940. The van der Waals surface area contributed by atoms with Crippen LogP contribution in [0.15, 0.2) is 0 Å². The molecule has 2 unspecified atom stereocenters. The molecule has 0 aliphatic heterocycles. The van der Waals surface area contributed by atoms with Crippen molar-refractivity contribution in [3.05, 3.63) is 0 Å². The predicted octanol–water partition coefficient (Wildman–Crippen LogP) is 24.7. The molecule has 19 heteroatoms. The number of hydrogen-bond acceptors (Lipinski definition) is 15. The lowest BCUT2D eigenvalue weighted by Crippen LogP contribution is -2.30. The molecule has 5 atom stereocenters. The Morgan fingerprint density at radius 3 is 0.673 bits per heavy atom. The van der Waals surface area contributed by atoms with Crippen LogP contribution in [0.4, 0.5) is 0 Å². The Balaban J connectivity index is 5.23. The van der Waals surface area contributed by atoms with Gasteiger partial charge in [-0.25, -0.2) is 9.13 Å². The van der Waals surface area contributed by atoms with Crippen molar-refractivity contribution in [1.82, 2.24) is 0 Å². The minimum atomic E-state index is -4.96. The first-order valence-electron chi connectivity index (χ1n) is 42.5. The van der Waals surface area contributed by atoms with E-state index in [4.69, 9.17) is 37.0 Å². The topological polar surface area (TPSA) is 237 Å². The fourth-order valence-electron chi connectivity index (χ4n) is 12.7. The quantitative estimate of drug-likeness (QED) is 0.0222. The first-order valence-corrected chi connectivity index (χ1v) is 45.5. The lowest BCUT2D eigenvalue weighted by Gasteiger charge is -2.21. The van der Waals surface area contributed by atoms with E-state index in [0.29, 0.717) is 25.7 Å². The second-order valence-corrected chi connectivity index (χ2v) is 33.4. The number of phosphoric acid groups is 2. The summed E-state index contributed by atoms with van der Waals surface area (Å²) in [6.07, 6.45) is 63.7. The molecule has 101 heavy (non-hydrogen) atoms. The highest BCUT2D eigenvalue weighted by molar-refractivity contribution is 7.47. The Morgan fingerprint density at radius 1 is 0.267 bits per heavy atom. The van der Waals surface area contributed by atoms with Crippen molar-refractivity contribution in [3.63, 3.8) is 0 Å². The SMILES string of the molecule is CCCCCCCCCCCCCCC(=O)O[C@H](COC(=O)CCCCCCCCCCCCC)COP(=O)(O)OC[C@H](O)COP(=O)(O)OC[C@@H](COC(=O)CCCCCCCCCCCCCCCCCCC(C)C)OC(=O)CCCCCCCCCCCCCCCCCCC(C)C. The fourth-order valence-corrected chi connectivity index (χ4v) is 14.3. The van der Waals surface area contributed by atoms with Crippen molar-refractivity contribution in [2.24, 2.45) is 11.8 Å². The highest BCUT2D eigenvalue weighted by atomic mass is 31.2. The molecule has 0 aromatic rings. The van der Waals surface area contributed by atoms with Gasteiger partial charge in [0.25, 0.3) is 0 Å². The summed E-state index contributed by atoms with van der Waals surface area (Å²) in [7, 11) is -9.92. The molecule has 0 radical (unpaired) electrons. The first-order chi connectivity index (χ1) is 48.9. The summed E-state index contributed by atoms with van der Waals surface area (Å²) in [5, 5.41) is 10.6. The molecular weight excluding hydrogens is 1320 g/mol. The highest BCUT2D eigenvalue weighted by Gasteiger charge is 2.30. The van der Waals surface area contributed by atoms with Gasteiger partial charge in [-0.3, -0.25) is 37.3 Å². The lowest BCUT2D eigenvalue weighted by atomic mass is 10.0. The summed E-state index contributed by atoms with van der Waals surface area (Å²) in [5.41, 5.74) is 0. The first kappa shape index (κ1) is 99.1. The molecule has 0 saturated carbocycles. The summed E-state index contributed by atoms with van der Waals surface area (Å²) < 4.78 is 68.7. The second kappa shape index (κ2) is 73.6. The minimum absolute atomic E-state index is 0.108. The number of carbonyl (C=O) groups is 4. The van der Waals surface area contributed by atoms with Gasteiger partial charge in [0.15, 0.2) is 12.2 Å². The van der Waals surface area contributed by atoms with E-state index in [1.807, 2.05) is 0 Å². The number of aliphatic hydroxyl groups excluding tert-OH is 1. The molecular formula is C82H160O17P2. The van der Waals surface area contributed by atoms with Gasteiger partial charge in [-0.1, -0.05) is 382 Å². The normalized spacial score (nSPS) is 13.9. The largest absolute Gasteiger partial charge is 0.472 e. The van der Waals surface area contributed by atoms with Gasteiger partial charge in [0.05, 0.1) is 26.4 Å². The minimum Gasteiger partial charge on any atom is -0.462 e. The van der Waals surface area contributed by atoms with E-state index in [2.05, 4.69) is 41.5 Å². The molecule has 0 aliphatic rings. The van der Waals surface area contributed by atoms with E-state index in [-0.39, 0.29) is 25.7 Å². The molecule has 0 heterocycles. The maximum atomic E-state index is 13.1. The van der Waals surface area contributed by atoms with Crippen molar-refractivity contribution < 1.29 is 80.2 Å². The third-order valence-electron chi connectivity index (χ3n) is 19.2. The van der Waals surface area contributed by atoms with Crippen LogP contribution >= 0.6 is 15.6 Å². The van der Waals surface area contributed by atoms with Crippen LogP contribution < -0.4 is 0 Å². The Morgan fingerprint density at radius 2 is 0.455 bits per heavy atom. The molecule has 0 rings (SSSR count). The molecule has 0 spiro atoms. The number of carbonyl (C=O) groups excluding carboxylic acids is 4. The van der Waals surface area contributed by atoms with Gasteiger partial charge in [-0.2, -0.15) is 0 Å². The van der Waals surface area contributed by atoms with E-state index in [1.54, 1.807) is 0 Å². The highest BCUT2D eigenvalue weighted by Crippen LogP contribution is 2.45. The van der Waals surface area contributed by atoms with Crippen molar-refractivity contribution in [2.45, 2.75) is 452 Å². The zero-order valence-electron chi connectivity index (χ0n) is 66.2. The van der Waals surface area contributed by atoms with E-state index < -0.39 is 97.5 Å². The van der Waals surface area contributed by atoms with E-state index in [1.165, 1.54) is 250 Å². The molecule has 600 valence electrons. The van der Waals surface area contributed by atoms with Crippen molar-refractivity contribution in [1.29, 1.82) is 0 Å². The van der Waals surface area contributed by atoms with Crippen molar-refractivity contribution in [2.75, 3.05) is 39.6 Å². The summed E-state index contributed by atoms with van der Waals surface area (Å²) in [6.45, 7) is 9.70. The number of phosphoric ester groups is 2. The predicted molar refractivity (Wildman–Crippen MR) is 414 cm³/mol. The maximum absolute atomic E-state index is 13.1. The zero-order chi connectivity index (χ0) is 74.2. The average molecular weight is 1480 g/mol. The van der Waals surface area contributed by atoms with Crippen LogP contribution in [-0.4, -0.2) is 96.7 Å². The third-order valence-corrected chi connectivity index (χ3v) is 21.1. The number of aliphatic hydroxyl groups is 1. The summed E-state index contributed by atoms with van der Waals surface area (Å²) in [6, 6.07) is 0. The van der Waals surface area contributed by atoms with Crippen LogP contribution in [0.2, 0.25) is 0 Å². The molecule has 0 saturated heterocycles. The van der Waals surface area contributed by atoms with Crippen LogP contribution in [0.5, 0.6) is 0 Å². The van der Waals surface area contributed by atoms with Crippen molar-refractivity contribution >= 4 is 39.5 Å². The standard InChI is InChI=1S/C82H160O17P2/c1-7-9-11-13-15-17-19-35-42-48-54-60-66-81(86)98-77(70-92-79(84)64-58-52-46-40-32-18-16-14-12-10-8-2)72-96-100(88,89)94-68-76(83)69-95-101(90,91)97-73-78(99-82(87)67-61-55-49-43-37-31-27-23-21-25-29-34-39-45-51-57-63-75(5)6)71-93-80(85)65-59-53-47-41-36-30-26-22-20-24-28-33-38-44-50-56-62-74(3)4/h74-78,83H,7-73H2,1-6H3,(H,88,89)(H,90,91)/t76-,77+,78+/m0/s1. The third kappa shape index (κ3) is 76.1. The Kier molecular flexibility index (Phi) is 72.2. The number of unbranched alkanes of at least 4 members (excludes halogenated alkanes) is 51. The van der Waals surface area contributed by atoms with Gasteiger partial charge in [-0.05, 0) is 37.5 Å². The van der Waals surface area contributed by atoms with Crippen LogP contribution in [0, 0.1) is 11.8 Å². The number of hydrogen-bond donors (Lipinski definition) is 3. The van der Waals surface area contributed by atoms with E-state index in [0.717, 1.165) is 102 Å². The van der Waals surface area contributed by atoms with Crippen molar-refractivity contribution in [3.8, 4) is 0 Å². The van der Waals surface area contributed by atoms with Gasteiger partial charge in [0, 0.05) is 25.7 Å². The Labute approximate surface area is 619 Å². The summed E-state index contributed by atoms with van der Waals surface area (Å²) >= 11 is 0. The zero-order valence-corrected chi connectivity index (χ0v) is 68.0. The number of ether oxygens (including phenoxy) is 4. The van der Waals surface area contributed by atoms with Gasteiger partial charge >= 0.3 is 39.5 Å². The van der Waals surface area contributed by atoms with Gasteiger partial charge in [-0.15, -0.1) is 0 Å². The van der Waals surface area contributed by atoms with Crippen LogP contribution in [0.1, 0.15) is 433 Å². The maximum Gasteiger partial charge on any atom is 0.472 e. The summed E-state index contributed by atoms with van der Waals surface area (Å²) in [5.74, 6) is -0.483. The number of esters is 4. The van der Waals surface area contributed by atoms with Crippen LogP contribution in [0.25, 0.3) is 0 Å². The van der Waals surface area contributed by atoms with Gasteiger partial charge in [0.1, 0.15) is 19.3 Å². The molecule has 0 aliphatic carbocycles. The molecule has 17 nitrogen and oxygen atoms in total. The van der Waals surface area contributed by atoms with Gasteiger partial charge in [0.2, 0.25) is 0 Å². The lowest BCUT2D eigenvalue weighted by molar-refractivity contribution is -0.161. The van der Waals surface area contributed by atoms with E-state index in [9.17, 15) is 43.2 Å². The molecule has 0 aromatic carbocycles. The molecule has 0 amide bonds. The second-order valence-electron chi connectivity index (χ2n) is 30.5. The monoisotopic (exact) mass is 1480 g/mol. The molecule has 3 N–H and O–H groups in total. The number of rotatable bonds is 81. The van der Waals surface area contributed by atoms with Crippen LogP contribution in [-0.2, 0) is 65.4 Å². The fraction of sp³-hybridized carbons (Fsp3) is 0.951. The Hall–Kier alpha value is -1.94. The summed E-state index contributed by atoms with van der Waals surface area (Å²) in [4.78, 5) is 73.0. The van der Waals surface area contributed by atoms with Crippen LogP contribution in [0.3, 0.4) is 0 Å². The smallest absolute Gasteiger partial charge is 0.462 e. The van der Waals surface area contributed by atoms with Gasteiger partial charge < -0.3 is 33.8 Å². The molecule has 0 aromatic heterocycles.